The molecule has 0 amide bonds. The molecule has 0 aliphatic carbocycles. The van der Waals surface area contributed by atoms with E-state index in [9.17, 15) is 0 Å². The number of aryl methyl sites for hydroxylation is 1. The van der Waals surface area contributed by atoms with Crippen LogP contribution in [0.5, 0.6) is 0 Å². The Morgan fingerprint density at radius 3 is 3.00 bits per heavy atom. The van der Waals surface area contributed by atoms with E-state index >= 15 is 0 Å². The van der Waals surface area contributed by atoms with E-state index in [2.05, 4.69) is 32.6 Å². The highest BCUT2D eigenvalue weighted by Gasteiger charge is 2.01. The van der Waals surface area contributed by atoms with E-state index in [0.717, 1.165) is 21.6 Å². The molecular weight excluding hydrogens is 256 g/mol. The third-order valence-corrected chi connectivity index (χ3v) is 4.00. The molecule has 0 aliphatic heterocycles. The van der Waals surface area contributed by atoms with E-state index < -0.39 is 0 Å². The Balaban J connectivity index is 2.05. The Hall–Kier alpha value is -2.14. The van der Waals surface area contributed by atoms with Gasteiger partial charge in [0.25, 0.3) is 0 Å². The SMILES string of the molecule is CN=c1scc(C)n1N=Cc1c[nH]c2ccccc12. The van der Waals surface area contributed by atoms with Crippen LogP contribution in [0.25, 0.3) is 10.9 Å². The first-order valence-electron chi connectivity index (χ1n) is 6.00. The van der Waals surface area contributed by atoms with Crippen LogP contribution in [0.2, 0.25) is 0 Å². The van der Waals surface area contributed by atoms with Crippen molar-refractivity contribution < 1.29 is 0 Å². The van der Waals surface area contributed by atoms with Crippen molar-refractivity contribution in [3.05, 3.63) is 51.9 Å². The van der Waals surface area contributed by atoms with Crippen LogP contribution in [0.15, 0.2) is 45.9 Å². The van der Waals surface area contributed by atoms with Gasteiger partial charge in [0, 0.05) is 35.1 Å². The Labute approximate surface area is 114 Å². The van der Waals surface area contributed by atoms with Crippen molar-refractivity contribution in [2.45, 2.75) is 6.92 Å². The minimum atomic E-state index is 0.897. The zero-order chi connectivity index (χ0) is 13.2. The maximum atomic E-state index is 4.52. The van der Waals surface area contributed by atoms with Gasteiger partial charge in [-0.15, -0.1) is 11.3 Å². The number of aromatic amines is 1. The van der Waals surface area contributed by atoms with Crippen LogP contribution in [0.4, 0.5) is 0 Å². The lowest BCUT2D eigenvalue weighted by molar-refractivity contribution is 0.805. The number of fused-ring (bicyclic) bond motifs is 1. The highest BCUT2D eigenvalue weighted by atomic mass is 32.1. The van der Waals surface area contributed by atoms with E-state index in [1.165, 1.54) is 5.39 Å². The average Bonchev–Trinajstić information content (AvgIpc) is 3.00. The van der Waals surface area contributed by atoms with Gasteiger partial charge in [-0.05, 0) is 13.0 Å². The molecule has 0 atom stereocenters. The molecule has 0 spiro atoms. The van der Waals surface area contributed by atoms with E-state index in [1.54, 1.807) is 18.4 Å². The Morgan fingerprint density at radius 2 is 2.16 bits per heavy atom. The summed E-state index contributed by atoms with van der Waals surface area (Å²) in [4.78, 5) is 8.35. The fourth-order valence-electron chi connectivity index (χ4n) is 2.00. The highest BCUT2D eigenvalue weighted by Crippen LogP contribution is 2.15. The van der Waals surface area contributed by atoms with Crippen molar-refractivity contribution in [3.63, 3.8) is 0 Å². The van der Waals surface area contributed by atoms with Crippen LogP contribution >= 0.6 is 11.3 Å². The van der Waals surface area contributed by atoms with Crippen molar-refractivity contribution in [1.29, 1.82) is 0 Å². The lowest BCUT2D eigenvalue weighted by Crippen LogP contribution is -2.11. The summed E-state index contributed by atoms with van der Waals surface area (Å²) in [5, 5.41) is 7.74. The summed E-state index contributed by atoms with van der Waals surface area (Å²) in [6.45, 7) is 2.03. The molecule has 19 heavy (non-hydrogen) atoms. The zero-order valence-electron chi connectivity index (χ0n) is 10.8. The van der Waals surface area contributed by atoms with Gasteiger partial charge < -0.3 is 4.98 Å². The maximum Gasteiger partial charge on any atom is 0.205 e. The fourth-order valence-corrected chi connectivity index (χ4v) is 2.77. The predicted molar refractivity (Wildman–Crippen MR) is 79.8 cm³/mol. The summed E-state index contributed by atoms with van der Waals surface area (Å²) in [5.41, 5.74) is 3.29. The molecule has 1 N–H and O–H groups in total. The number of thiazole rings is 1. The van der Waals surface area contributed by atoms with Crippen molar-refractivity contribution in [2.75, 3.05) is 7.05 Å². The van der Waals surface area contributed by atoms with Gasteiger partial charge in [0.05, 0.1) is 11.9 Å². The van der Waals surface area contributed by atoms with Crippen molar-refractivity contribution >= 4 is 28.5 Å². The number of aromatic nitrogens is 2. The largest absolute Gasteiger partial charge is 0.361 e. The monoisotopic (exact) mass is 270 g/mol. The van der Waals surface area contributed by atoms with Crippen LogP contribution in [0.3, 0.4) is 0 Å². The summed E-state index contributed by atoms with van der Waals surface area (Å²) >= 11 is 1.59. The average molecular weight is 270 g/mol. The second-order valence-corrected chi connectivity index (χ2v) is 5.07. The first-order chi connectivity index (χ1) is 9.29. The number of H-pyrrole nitrogens is 1. The van der Waals surface area contributed by atoms with E-state index in [1.807, 2.05) is 36.1 Å². The molecule has 2 aromatic heterocycles. The van der Waals surface area contributed by atoms with Gasteiger partial charge in [0.1, 0.15) is 0 Å². The third kappa shape index (κ3) is 2.13. The summed E-state index contributed by atoms with van der Waals surface area (Å²) in [6.07, 6.45) is 3.84. The smallest absolute Gasteiger partial charge is 0.205 e. The van der Waals surface area contributed by atoms with Crippen molar-refractivity contribution in [2.24, 2.45) is 10.1 Å². The van der Waals surface area contributed by atoms with Crippen LogP contribution < -0.4 is 4.80 Å². The number of hydrogen-bond acceptors (Lipinski definition) is 3. The van der Waals surface area contributed by atoms with Gasteiger partial charge in [-0.25, -0.2) is 4.68 Å². The van der Waals surface area contributed by atoms with E-state index in [4.69, 9.17) is 0 Å². The van der Waals surface area contributed by atoms with Gasteiger partial charge in [-0.3, -0.25) is 4.99 Å². The quantitative estimate of drug-likeness (QED) is 0.696. The topological polar surface area (TPSA) is 45.4 Å². The molecule has 0 saturated carbocycles. The van der Waals surface area contributed by atoms with Crippen molar-refractivity contribution in [3.8, 4) is 0 Å². The zero-order valence-corrected chi connectivity index (χ0v) is 11.6. The normalized spacial score (nSPS) is 12.8. The number of rotatable bonds is 2. The molecular formula is C14H14N4S. The molecule has 96 valence electrons. The number of nitrogens with one attached hydrogen (secondary N) is 1. The Bertz CT molecular complexity index is 804. The summed E-state index contributed by atoms with van der Waals surface area (Å²) in [6, 6.07) is 8.20. The molecule has 0 unspecified atom stereocenters. The van der Waals surface area contributed by atoms with Gasteiger partial charge in [0.15, 0.2) is 0 Å². The maximum absolute atomic E-state index is 4.52. The summed E-state index contributed by atoms with van der Waals surface area (Å²) < 4.78 is 1.85. The number of nitrogens with zero attached hydrogens (tertiary/aromatic N) is 3. The second kappa shape index (κ2) is 4.85. The minimum Gasteiger partial charge on any atom is -0.361 e. The van der Waals surface area contributed by atoms with Gasteiger partial charge in [-0.1, -0.05) is 18.2 Å². The summed E-state index contributed by atoms with van der Waals surface area (Å²) in [5.74, 6) is 0. The number of hydrogen-bond donors (Lipinski definition) is 1. The Kier molecular flexibility index (Phi) is 3.05. The molecule has 4 nitrogen and oxygen atoms in total. The standard InChI is InChI=1S/C14H14N4S/c1-10-9-19-14(15-2)18(10)17-8-11-7-16-13-6-4-3-5-12(11)13/h3-9,16H,1-2H3. The molecule has 5 heteroatoms. The first-order valence-corrected chi connectivity index (χ1v) is 6.88. The molecule has 0 bridgehead atoms. The molecule has 3 rings (SSSR count). The van der Waals surface area contributed by atoms with E-state index in [-0.39, 0.29) is 0 Å². The lowest BCUT2D eigenvalue weighted by Gasteiger charge is -1.96. The molecule has 0 radical (unpaired) electrons. The number of para-hydroxylation sites is 1. The minimum absolute atomic E-state index is 0.897. The molecule has 0 aliphatic rings. The van der Waals surface area contributed by atoms with Gasteiger partial charge in [0.2, 0.25) is 4.80 Å². The molecule has 3 aromatic rings. The fraction of sp³-hybridized carbons (Fsp3) is 0.143. The molecule has 0 saturated heterocycles. The Morgan fingerprint density at radius 1 is 1.32 bits per heavy atom. The summed E-state index contributed by atoms with van der Waals surface area (Å²) in [7, 11) is 1.78. The van der Waals surface area contributed by atoms with Crippen LogP contribution in [-0.4, -0.2) is 22.9 Å². The van der Waals surface area contributed by atoms with Crippen molar-refractivity contribution in [1.82, 2.24) is 9.66 Å². The third-order valence-electron chi connectivity index (χ3n) is 2.97. The van der Waals surface area contributed by atoms with E-state index in [0.29, 0.717) is 0 Å². The van der Waals surface area contributed by atoms with Gasteiger partial charge in [-0.2, -0.15) is 5.10 Å². The first kappa shape index (κ1) is 11.9. The number of benzene rings is 1. The molecule has 0 fully saturated rings. The second-order valence-electron chi connectivity index (χ2n) is 4.23. The van der Waals surface area contributed by atoms with Crippen LogP contribution in [0, 0.1) is 6.92 Å². The van der Waals surface area contributed by atoms with Gasteiger partial charge >= 0.3 is 0 Å². The molecule has 1 aromatic carbocycles. The van der Waals surface area contributed by atoms with Crippen LogP contribution in [-0.2, 0) is 0 Å². The lowest BCUT2D eigenvalue weighted by atomic mass is 10.2. The predicted octanol–water partition coefficient (Wildman–Crippen LogP) is 2.75. The molecule has 2 heterocycles. The highest BCUT2D eigenvalue weighted by molar-refractivity contribution is 7.07. The van der Waals surface area contributed by atoms with Crippen LogP contribution in [0.1, 0.15) is 11.3 Å².